The van der Waals surface area contributed by atoms with Crippen molar-refractivity contribution in [1.82, 2.24) is 4.98 Å². The van der Waals surface area contributed by atoms with E-state index in [9.17, 15) is 0 Å². The second-order valence-corrected chi connectivity index (χ2v) is 4.85. The highest BCUT2D eigenvalue weighted by Crippen LogP contribution is 2.30. The van der Waals surface area contributed by atoms with Gasteiger partial charge < -0.3 is 20.5 Å². The third kappa shape index (κ3) is 3.37. The number of benzene rings is 1. The van der Waals surface area contributed by atoms with Gasteiger partial charge in [0.25, 0.3) is 0 Å². The molecule has 0 saturated carbocycles. The first kappa shape index (κ1) is 15.0. The monoisotopic (exact) mass is 287 g/mol. The molecule has 0 saturated heterocycles. The molecule has 1 atom stereocenters. The van der Waals surface area contributed by atoms with Gasteiger partial charge >= 0.3 is 0 Å². The van der Waals surface area contributed by atoms with Gasteiger partial charge in [-0.25, -0.2) is 4.98 Å². The zero-order chi connectivity index (χ0) is 15.4. The molecule has 1 aromatic carbocycles. The fourth-order valence-corrected chi connectivity index (χ4v) is 2.08. The number of pyridine rings is 1. The van der Waals surface area contributed by atoms with Gasteiger partial charge in [0.15, 0.2) is 11.5 Å². The van der Waals surface area contributed by atoms with E-state index in [0.717, 1.165) is 22.8 Å². The summed E-state index contributed by atoms with van der Waals surface area (Å²) in [7, 11) is 3.25. The van der Waals surface area contributed by atoms with E-state index in [4.69, 9.17) is 15.2 Å². The molecule has 112 valence electrons. The Morgan fingerprint density at radius 1 is 1.10 bits per heavy atom. The van der Waals surface area contributed by atoms with Gasteiger partial charge in [0.1, 0.15) is 5.82 Å². The molecule has 0 spiro atoms. The van der Waals surface area contributed by atoms with E-state index in [1.807, 2.05) is 37.3 Å². The van der Waals surface area contributed by atoms with Gasteiger partial charge in [-0.2, -0.15) is 0 Å². The molecular weight excluding hydrogens is 266 g/mol. The Balaban J connectivity index is 2.19. The predicted octanol–water partition coefficient (Wildman–Crippen LogP) is 3.16. The van der Waals surface area contributed by atoms with Gasteiger partial charge in [0.2, 0.25) is 0 Å². The second kappa shape index (κ2) is 6.35. The zero-order valence-electron chi connectivity index (χ0n) is 12.8. The van der Waals surface area contributed by atoms with Crippen LogP contribution < -0.4 is 20.5 Å². The van der Waals surface area contributed by atoms with E-state index in [0.29, 0.717) is 11.4 Å². The van der Waals surface area contributed by atoms with Gasteiger partial charge in [-0.05, 0) is 43.7 Å². The maximum atomic E-state index is 5.78. The van der Waals surface area contributed by atoms with E-state index >= 15 is 0 Å². The molecule has 1 unspecified atom stereocenters. The number of aryl methyl sites for hydroxylation is 1. The van der Waals surface area contributed by atoms with Gasteiger partial charge in [-0.1, -0.05) is 6.07 Å². The molecule has 0 aliphatic rings. The average Bonchev–Trinajstić information content (AvgIpc) is 2.50. The Bertz CT molecular complexity index is 629. The molecule has 0 aliphatic carbocycles. The lowest BCUT2D eigenvalue weighted by molar-refractivity contribution is 0.354. The van der Waals surface area contributed by atoms with Crippen LogP contribution in [0.4, 0.5) is 11.5 Å². The normalized spacial score (nSPS) is 11.8. The summed E-state index contributed by atoms with van der Waals surface area (Å²) in [6.45, 7) is 3.95. The minimum absolute atomic E-state index is 0.0836. The Morgan fingerprint density at radius 2 is 1.81 bits per heavy atom. The first-order chi connectivity index (χ1) is 10.0. The third-order valence-corrected chi connectivity index (χ3v) is 3.40. The molecule has 3 N–H and O–H groups in total. The summed E-state index contributed by atoms with van der Waals surface area (Å²) in [4.78, 5) is 4.42. The van der Waals surface area contributed by atoms with Crippen molar-refractivity contribution in [2.24, 2.45) is 0 Å². The van der Waals surface area contributed by atoms with E-state index in [1.165, 1.54) is 0 Å². The summed E-state index contributed by atoms with van der Waals surface area (Å²) in [6.07, 6.45) is 0. The van der Waals surface area contributed by atoms with Crippen molar-refractivity contribution in [1.29, 1.82) is 0 Å². The third-order valence-electron chi connectivity index (χ3n) is 3.40. The highest BCUT2D eigenvalue weighted by Gasteiger charge is 2.11. The van der Waals surface area contributed by atoms with Crippen molar-refractivity contribution >= 4 is 11.5 Å². The summed E-state index contributed by atoms with van der Waals surface area (Å²) in [5.41, 5.74) is 8.38. The molecule has 0 radical (unpaired) electrons. The van der Waals surface area contributed by atoms with Crippen LogP contribution in [0.3, 0.4) is 0 Å². The molecule has 1 aromatic heterocycles. The van der Waals surface area contributed by atoms with Crippen molar-refractivity contribution < 1.29 is 9.47 Å². The van der Waals surface area contributed by atoms with Gasteiger partial charge in [0, 0.05) is 0 Å². The lowest BCUT2D eigenvalue weighted by Gasteiger charge is -2.17. The molecule has 5 heteroatoms. The fraction of sp³-hybridized carbons (Fsp3) is 0.312. The Labute approximate surface area is 125 Å². The van der Waals surface area contributed by atoms with Crippen LogP contribution in [-0.4, -0.2) is 19.2 Å². The number of hydrogen-bond donors (Lipinski definition) is 2. The number of aromatic nitrogens is 1. The van der Waals surface area contributed by atoms with Crippen molar-refractivity contribution in [2.45, 2.75) is 19.9 Å². The van der Waals surface area contributed by atoms with E-state index in [-0.39, 0.29) is 6.04 Å². The Kier molecular flexibility index (Phi) is 4.52. The number of nitrogen functional groups attached to an aromatic ring is 1. The molecule has 2 rings (SSSR count). The first-order valence-corrected chi connectivity index (χ1v) is 6.76. The number of ether oxygens (including phenoxy) is 2. The standard InChI is InChI=1S/C16H21N3O2/c1-10(18-16-8-6-13(17)11(2)19-16)12-5-7-14(20-3)15(9-12)21-4/h5-10H,17H2,1-4H3,(H,18,19). The summed E-state index contributed by atoms with van der Waals surface area (Å²) < 4.78 is 10.6. The SMILES string of the molecule is COc1ccc(C(C)Nc2ccc(N)c(C)n2)cc1OC. The number of nitrogens with zero attached hydrogens (tertiary/aromatic N) is 1. The molecule has 0 fully saturated rings. The Morgan fingerprint density at radius 3 is 2.43 bits per heavy atom. The minimum atomic E-state index is 0.0836. The van der Waals surface area contributed by atoms with Crippen molar-refractivity contribution in [3.05, 3.63) is 41.6 Å². The number of hydrogen-bond acceptors (Lipinski definition) is 5. The predicted molar refractivity (Wildman–Crippen MR) is 85.0 cm³/mol. The minimum Gasteiger partial charge on any atom is -0.493 e. The average molecular weight is 287 g/mol. The van der Waals surface area contributed by atoms with Crippen LogP contribution in [0.1, 0.15) is 24.2 Å². The van der Waals surface area contributed by atoms with Crippen molar-refractivity contribution in [2.75, 3.05) is 25.3 Å². The number of rotatable bonds is 5. The van der Waals surface area contributed by atoms with Crippen LogP contribution in [0.5, 0.6) is 11.5 Å². The quantitative estimate of drug-likeness (QED) is 0.884. The molecule has 21 heavy (non-hydrogen) atoms. The lowest BCUT2D eigenvalue weighted by atomic mass is 10.1. The maximum Gasteiger partial charge on any atom is 0.161 e. The molecule has 0 bridgehead atoms. The molecule has 5 nitrogen and oxygen atoms in total. The number of nitrogens with two attached hydrogens (primary N) is 1. The fourth-order valence-electron chi connectivity index (χ4n) is 2.08. The van der Waals surface area contributed by atoms with Crippen LogP contribution in [0, 0.1) is 6.92 Å². The van der Waals surface area contributed by atoms with Crippen molar-refractivity contribution in [3.8, 4) is 11.5 Å². The maximum absolute atomic E-state index is 5.78. The van der Waals surface area contributed by atoms with E-state index < -0.39 is 0 Å². The Hall–Kier alpha value is -2.43. The summed E-state index contributed by atoms with van der Waals surface area (Å²) in [5.74, 6) is 2.23. The summed E-state index contributed by atoms with van der Waals surface area (Å²) in [5, 5.41) is 3.35. The van der Waals surface area contributed by atoms with Crippen LogP contribution in [0.15, 0.2) is 30.3 Å². The molecule has 1 heterocycles. The highest BCUT2D eigenvalue weighted by atomic mass is 16.5. The molecule has 2 aromatic rings. The topological polar surface area (TPSA) is 69.4 Å². The highest BCUT2D eigenvalue weighted by molar-refractivity contribution is 5.51. The molecular formula is C16H21N3O2. The van der Waals surface area contributed by atoms with Crippen LogP contribution in [-0.2, 0) is 0 Å². The largest absolute Gasteiger partial charge is 0.493 e. The van der Waals surface area contributed by atoms with Gasteiger partial charge in [-0.15, -0.1) is 0 Å². The van der Waals surface area contributed by atoms with Gasteiger partial charge in [-0.3, -0.25) is 0 Å². The number of nitrogens with one attached hydrogen (secondary N) is 1. The molecule has 0 aliphatic heterocycles. The van der Waals surface area contributed by atoms with E-state index in [2.05, 4.69) is 17.2 Å². The number of anilines is 2. The first-order valence-electron chi connectivity index (χ1n) is 6.76. The molecule has 0 amide bonds. The van der Waals surface area contributed by atoms with E-state index in [1.54, 1.807) is 14.2 Å². The van der Waals surface area contributed by atoms with Gasteiger partial charge in [0.05, 0.1) is 31.6 Å². The second-order valence-electron chi connectivity index (χ2n) is 4.85. The lowest BCUT2D eigenvalue weighted by Crippen LogP contribution is -2.09. The zero-order valence-corrected chi connectivity index (χ0v) is 12.8. The van der Waals surface area contributed by atoms with Crippen LogP contribution in [0.25, 0.3) is 0 Å². The summed E-state index contributed by atoms with van der Waals surface area (Å²) >= 11 is 0. The van der Waals surface area contributed by atoms with Crippen molar-refractivity contribution in [3.63, 3.8) is 0 Å². The smallest absolute Gasteiger partial charge is 0.161 e. The number of methoxy groups -OCH3 is 2. The van der Waals surface area contributed by atoms with Crippen LogP contribution in [0.2, 0.25) is 0 Å². The summed E-state index contributed by atoms with van der Waals surface area (Å²) in [6, 6.07) is 9.67. The van der Waals surface area contributed by atoms with Crippen LogP contribution >= 0.6 is 0 Å².